The number of aliphatic hydroxyl groups is 1. The molecule has 110 valence electrons. The molecule has 2 atom stereocenters. The van der Waals surface area contributed by atoms with E-state index in [2.05, 4.69) is 0 Å². The molecule has 0 aliphatic carbocycles. The van der Waals surface area contributed by atoms with E-state index in [1.807, 2.05) is 0 Å². The molecule has 1 aliphatic rings. The number of carbonyl (C=O) groups excluding carboxylic acids is 1. The van der Waals surface area contributed by atoms with Crippen LogP contribution in [0.25, 0.3) is 10.1 Å². The van der Waals surface area contributed by atoms with Crippen molar-refractivity contribution in [2.75, 3.05) is 6.54 Å². The van der Waals surface area contributed by atoms with Crippen molar-refractivity contribution in [3.63, 3.8) is 0 Å². The lowest BCUT2D eigenvalue weighted by Crippen LogP contribution is -2.40. The lowest BCUT2D eigenvalue weighted by molar-refractivity contribution is -0.141. The highest BCUT2D eigenvalue weighted by molar-refractivity contribution is 7.20. The number of amides is 1. The molecule has 1 saturated heterocycles. The van der Waals surface area contributed by atoms with Crippen molar-refractivity contribution in [3.8, 4) is 0 Å². The number of β-amino-alcohol motifs (C(OH)–C–C–N with tert-alkyl or cyclic N) is 1. The second-order valence-electron chi connectivity index (χ2n) is 4.96. The summed E-state index contributed by atoms with van der Waals surface area (Å²) in [4.78, 5) is 25.0. The van der Waals surface area contributed by atoms with Crippen LogP contribution in [0.15, 0.2) is 24.3 Å². The predicted octanol–water partition coefficient (Wildman–Crippen LogP) is 1.70. The number of hydrogen-bond acceptors (Lipinski definition) is 4. The first-order chi connectivity index (χ1) is 9.97. The number of halogens is 1. The highest BCUT2D eigenvalue weighted by atomic mass is 32.1. The molecule has 7 heteroatoms. The van der Waals surface area contributed by atoms with Gasteiger partial charge in [-0.15, -0.1) is 11.3 Å². The van der Waals surface area contributed by atoms with Crippen LogP contribution in [0.3, 0.4) is 0 Å². The number of aliphatic hydroxyl groups excluding tert-OH is 1. The van der Waals surface area contributed by atoms with E-state index in [1.54, 1.807) is 12.1 Å². The first-order valence-corrected chi connectivity index (χ1v) is 7.19. The van der Waals surface area contributed by atoms with Gasteiger partial charge in [0.15, 0.2) is 0 Å². The fourth-order valence-corrected chi connectivity index (χ4v) is 3.58. The predicted molar refractivity (Wildman–Crippen MR) is 74.9 cm³/mol. The molecule has 1 amide bonds. The van der Waals surface area contributed by atoms with Gasteiger partial charge < -0.3 is 15.1 Å². The summed E-state index contributed by atoms with van der Waals surface area (Å²) < 4.78 is 14.3. The maximum atomic E-state index is 13.7. The molecule has 2 heterocycles. The first-order valence-electron chi connectivity index (χ1n) is 6.37. The molecule has 3 rings (SSSR count). The highest BCUT2D eigenvalue weighted by Gasteiger charge is 2.39. The molecule has 5 nitrogen and oxygen atoms in total. The summed E-state index contributed by atoms with van der Waals surface area (Å²) in [6.07, 6.45) is -0.832. The molecule has 0 saturated carbocycles. The molecule has 1 fully saturated rings. The molecule has 0 radical (unpaired) electrons. The summed E-state index contributed by atoms with van der Waals surface area (Å²) in [5, 5.41) is 19.0. The number of fused-ring (bicyclic) bond motifs is 1. The van der Waals surface area contributed by atoms with Crippen LogP contribution in [-0.4, -0.2) is 45.7 Å². The second-order valence-corrected chi connectivity index (χ2v) is 6.05. The number of aliphatic carboxylic acids is 1. The highest BCUT2D eigenvalue weighted by Crippen LogP contribution is 2.30. The molecular formula is C14H12FNO4S. The maximum absolute atomic E-state index is 13.7. The zero-order valence-electron chi connectivity index (χ0n) is 10.8. The minimum Gasteiger partial charge on any atom is -0.480 e. The average Bonchev–Trinajstić information content (AvgIpc) is 3.02. The van der Waals surface area contributed by atoms with Gasteiger partial charge in [-0.3, -0.25) is 4.79 Å². The number of rotatable bonds is 2. The van der Waals surface area contributed by atoms with Gasteiger partial charge >= 0.3 is 5.97 Å². The Morgan fingerprint density at radius 2 is 2.14 bits per heavy atom. The van der Waals surface area contributed by atoms with Crippen LogP contribution in [-0.2, 0) is 4.79 Å². The number of thiophene rings is 1. The molecule has 1 aliphatic heterocycles. The van der Waals surface area contributed by atoms with Crippen LogP contribution in [0.1, 0.15) is 16.1 Å². The number of carboxylic acids is 1. The normalized spacial score (nSPS) is 21.9. The van der Waals surface area contributed by atoms with Gasteiger partial charge in [-0.05, 0) is 18.2 Å². The molecule has 1 aromatic carbocycles. The Kier molecular flexibility index (Phi) is 3.38. The van der Waals surface area contributed by atoms with Crippen LogP contribution in [0.2, 0.25) is 0 Å². The minimum atomic E-state index is -1.15. The summed E-state index contributed by atoms with van der Waals surface area (Å²) in [7, 11) is 0. The molecule has 21 heavy (non-hydrogen) atoms. The standard InChI is InChI=1S/C14H12FNO4S/c15-9-2-1-3-11-8(9)5-12(21-11)13(18)16-6-7(17)4-10(16)14(19)20/h1-3,5,7,10,17H,4,6H2,(H,19,20)/t7?,10-/m0/s1. The fourth-order valence-electron chi connectivity index (χ4n) is 2.54. The van der Waals surface area contributed by atoms with Crippen molar-refractivity contribution in [1.82, 2.24) is 4.90 Å². The van der Waals surface area contributed by atoms with Crippen molar-refractivity contribution in [1.29, 1.82) is 0 Å². The number of nitrogens with zero attached hydrogens (tertiary/aromatic N) is 1. The summed E-state index contributed by atoms with van der Waals surface area (Å²) >= 11 is 1.12. The Hall–Kier alpha value is -1.99. The van der Waals surface area contributed by atoms with Crippen LogP contribution in [0.5, 0.6) is 0 Å². The number of hydrogen-bond donors (Lipinski definition) is 2. The Labute approximate surface area is 123 Å². The van der Waals surface area contributed by atoms with Gasteiger partial charge in [-0.25, -0.2) is 9.18 Å². The van der Waals surface area contributed by atoms with Crippen LogP contribution in [0, 0.1) is 5.82 Å². The average molecular weight is 309 g/mol. The van der Waals surface area contributed by atoms with Crippen molar-refractivity contribution in [2.24, 2.45) is 0 Å². The van der Waals surface area contributed by atoms with E-state index in [-0.39, 0.29) is 17.8 Å². The first kappa shape index (κ1) is 14.0. The van der Waals surface area contributed by atoms with Gasteiger partial charge in [-0.1, -0.05) is 6.07 Å². The lowest BCUT2D eigenvalue weighted by atomic mass is 10.2. The Morgan fingerprint density at radius 3 is 2.81 bits per heavy atom. The van der Waals surface area contributed by atoms with Gasteiger partial charge in [0.05, 0.1) is 11.0 Å². The van der Waals surface area contributed by atoms with Crippen LogP contribution < -0.4 is 0 Å². The zero-order valence-corrected chi connectivity index (χ0v) is 11.6. The second kappa shape index (κ2) is 5.09. The summed E-state index contributed by atoms with van der Waals surface area (Å²) in [6, 6.07) is 4.96. The lowest BCUT2D eigenvalue weighted by Gasteiger charge is -2.20. The minimum absolute atomic E-state index is 0.0142. The van der Waals surface area contributed by atoms with Crippen LogP contribution in [0.4, 0.5) is 4.39 Å². The smallest absolute Gasteiger partial charge is 0.326 e. The van der Waals surface area contributed by atoms with E-state index in [4.69, 9.17) is 5.11 Å². The van der Waals surface area contributed by atoms with Crippen molar-refractivity contribution in [3.05, 3.63) is 35.0 Å². The third-order valence-electron chi connectivity index (χ3n) is 3.54. The Bertz CT molecular complexity index is 729. The van der Waals surface area contributed by atoms with Gasteiger partial charge in [0.25, 0.3) is 5.91 Å². The van der Waals surface area contributed by atoms with Crippen molar-refractivity contribution in [2.45, 2.75) is 18.6 Å². The number of carbonyl (C=O) groups is 2. The van der Waals surface area contributed by atoms with E-state index >= 15 is 0 Å². The van der Waals surface area contributed by atoms with Gasteiger partial charge in [0, 0.05) is 23.1 Å². The van der Waals surface area contributed by atoms with Gasteiger partial charge in [-0.2, -0.15) is 0 Å². The topological polar surface area (TPSA) is 77.8 Å². The molecule has 0 bridgehead atoms. The third-order valence-corrected chi connectivity index (χ3v) is 4.63. The van der Waals surface area contributed by atoms with E-state index in [9.17, 15) is 19.1 Å². The molecule has 1 aromatic heterocycles. The van der Waals surface area contributed by atoms with Crippen molar-refractivity contribution >= 4 is 33.3 Å². The Morgan fingerprint density at radius 1 is 1.38 bits per heavy atom. The molecule has 0 spiro atoms. The Balaban J connectivity index is 1.96. The van der Waals surface area contributed by atoms with E-state index in [0.29, 0.717) is 10.1 Å². The third kappa shape index (κ3) is 2.38. The van der Waals surface area contributed by atoms with E-state index < -0.39 is 29.8 Å². The number of benzene rings is 1. The monoisotopic (exact) mass is 309 g/mol. The summed E-state index contributed by atoms with van der Waals surface area (Å²) in [5.74, 6) is -2.05. The SMILES string of the molecule is O=C(O)[C@@H]1CC(O)CN1C(=O)c1cc2c(F)cccc2s1. The van der Waals surface area contributed by atoms with Crippen LogP contribution >= 0.6 is 11.3 Å². The maximum Gasteiger partial charge on any atom is 0.326 e. The van der Waals surface area contributed by atoms with E-state index in [0.717, 1.165) is 16.2 Å². The summed E-state index contributed by atoms with van der Waals surface area (Å²) in [6.45, 7) is -0.0213. The molecule has 2 aromatic rings. The molecular weight excluding hydrogens is 297 g/mol. The van der Waals surface area contributed by atoms with Gasteiger partial charge in [0.2, 0.25) is 0 Å². The fraction of sp³-hybridized carbons (Fsp3) is 0.286. The quantitative estimate of drug-likeness (QED) is 0.885. The zero-order chi connectivity index (χ0) is 15.1. The number of carboxylic acid groups (broad SMARTS) is 1. The van der Waals surface area contributed by atoms with E-state index in [1.165, 1.54) is 12.1 Å². The van der Waals surface area contributed by atoms with Gasteiger partial charge in [0.1, 0.15) is 11.9 Å². The van der Waals surface area contributed by atoms with Crippen molar-refractivity contribution < 1.29 is 24.2 Å². The summed E-state index contributed by atoms with van der Waals surface area (Å²) in [5.41, 5.74) is 0. The molecule has 2 N–H and O–H groups in total. The number of likely N-dealkylation sites (tertiary alicyclic amines) is 1. The molecule has 1 unspecified atom stereocenters. The largest absolute Gasteiger partial charge is 0.480 e.